The van der Waals surface area contributed by atoms with Crippen LogP contribution in [0.15, 0.2) is 47.6 Å². The molecule has 1 aromatic heterocycles. The number of hydrazine groups is 1. The van der Waals surface area contributed by atoms with Crippen LogP contribution < -0.4 is 20.3 Å². The molecule has 2 N–H and O–H groups in total. The second-order valence-electron chi connectivity index (χ2n) is 5.56. The molecule has 0 fully saturated rings. The van der Waals surface area contributed by atoms with Gasteiger partial charge in [-0.2, -0.15) is 0 Å². The fourth-order valence-corrected chi connectivity index (χ4v) is 3.14. The number of aromatic nitrogens is 1. The Labute approximate surface area is 162 Å². The number of methoxy groups -OCH3 is 1. The van der Waals surface area contributed by atoms with Gasteiger partial charge in [0.15, 0.2) is 0 Å². The molecule has 0 spiro atoms. The van der Waals surface area contributed by atoms with Crippen LogP contribution in [0.5, 0.6) is 11.5 Å². The van der Waals surface area contributed by atoms with Crippen molar-refractivity contribution in [3.05, 3.63) is 48.2 Å². The Morgan fingerprint density at radius 1 is 1.07 bits per heavy atom. The number of hydrogen-bond acceptors (Lipinski definition) is 6. The molecule has 2 rings (SSSR count). The van der Waals surface area contributed by atoms with Crippen molar-refractivity contribution in [3.63, 3.8) is 0 Å². The van der Waals surface area contributed by atoms with E-state index < -0.39 is 12.0 Å². The van der Waals surface area contributed by atoms with E-state index in [0.717, 1.165) is 25.0 Å². The molecule has 1 aromatic carbocycles. The maximum Gasteiger partial charge on any atom is 0.431 e. The number of benzene rings is 1. The van der Waals surface area contributed by atoms with Crippen LogP contribution in [0.4, 0.5) is 4.79 Å². The second kappa shape index (κ2) is 11.1. The summed E-state index contributed by atoms with van der Waals surface area (Å²) in [6, 6.07) is 9.86. The summed E-state index contributed by atoms with van der Waals surface area (Å²) in [6.45, 7) is 2.14. The summed E-state index contributed by atoms with van der Waals surface area (Å²) < 4.78 is 10.1. The van der Waals surface area contributed by atoms with E-state index in [9.17, 15) is 9.59 Å². The molecule has 7 nitrogen and oxygen atoms in total. The summed E-state index contributed by atoms with van der Waals surface area (Å²) in [7, 11) is 1.55. The van der Waals surface area contributed by atoms with Gasteiger partial charge in [-0.15, -0.1) is 11.8 Å². The molecule has 0 saturated carbocycles. The summed E-state index contributed by atoms with van der Waals surface area (Å²) in [6.07, 6.45) is 4.18. The van der Waals surface area contributed by atoms with Crippen LogP contribution in [-0.4, -0.2) is 29.8 Å². The number of carbonyl (C=O) groups is 2. The lowest BCUT2D eigenvalue weighted by molar-refractivity contribution is 0.0925. The Morgan fingerprint density at radius 3 is 2.52 bits per heavy atom. The average Bonchev–Trinajstić information content (AvgIpc) is 2.70. The van der Waals surface area contributed by atoms with Crippen LogP contribution in [-0.2, 0) is 0 Å². The summed E-state index contributed by atoms with van der Waals surface area (Å²) in [5, 5.41) is 0.636. The van der Waals surface area contributed by atoms with Crippen molar-refractivity contribution < 1.29 is 19.1 Å². The molecule has 8 heteroatoms. The average molecular weight is 389 g/mol. The van der Waals surface area contributed by atoms with Gasteiger partial charge in [0.2, 0.25) is 0 Å². The normalized spacial score (nSPS) is 10.1. The lowest BCUT2D eigenvalue weighted by atomic mass is 10.3. The molecule has 0 saturated heterocycles. The number of amides is 2. The van der Waals surface area contributed by atoms with E-state index in [4.69, 9.17) is 9.47 Å². The Hall–Kier alpha value is -2.74. The van der Waals surface area contributed by atoms with Gasteiger partial charge in [-0.25, -0.2) is 15.2 Å². The Kier molecular flexibility index (Phi) is 8.44. The first kappa shape index (κ1) is 20.6. The van der Waals surface area contributed by atoms with Crippen LogP contribution in [0.2, 0.25) is 0 Å². The zero-order chi connectivity index (χ0) is 19.5. The highest BCUT2D eigenvalue weighted by Crippen LogP contribution is 2.21. The minimum atomic E-state index is -0.797. The highest BCUT2D eigenvalue weighted by atomic mass is 32.2. The number of thioether (sulfide) groups is 1. The van der Waals surface area contributed by atoms with E-state index in [1.54, 1.807) is 49.7 Å². The van der Waals surface area contributed by atoms with Gasteiger partial charge in [0.25, 0.3) is 5.91 Å². The van der Waals surface area contributed by atoms with Gasteiger partial charge >= 0.3 is 6.09 Å². The monoisotopic (exact) mass is 389 g/mol. The minimum Gasteiger partial charge on any atom is -0.497 e. The smallest absolute Gasteiger partial charge is 0.431 e. The molecule has 0 aliphatic heterocycles. The second-order valence-corrected chi connectivity index (χ2v) is 6.64. The van der Waals surface area contributed by atoms with E-state index in [2.05, 4.69) is 22.8 Å². The van der Waals surface area contributed by atoms with Gasteiger partial charge in [-0.1, -0.05) is 19.8 Å². The van der Waals surface area contributed by atoms with E-state index in [-0.39, 0.29) is 0 Å². The van der Waals surface area contributed by atoms with Gasteiger partial charge in [-0.05, 0) is 48.6 Å². The molecule has 0 atom stereocenters. The summed E-state index contributed by atoms with van der Waals surface area (Å²) in [5.41, 5.74) is 4.98. The lowest BCUT2D eigenvalue weighted by Gasteiger charge is -2.10. The lowest BCUT2D eigenvalue weighted by Crippen LogP contribution is -2.43. The molecule has 0 radical (unpaired) electrons. The van der Waals surface area contributed by atoms with Crippen molar-refractivity contribution in [1.29, 1.82) is 0 Å². The quantitative estimate of drug-likeness (QED) is 0.405. The number of nitrogens with one attached hydrogen (secondary N) is 2. The van der Waals surface area contributed by atoms with Crippen molar-refractivity contribution >= 4 is 23.8 Å². The number of rotatable bonds is 8. The maximum atomic E-state index is 12.3. The van der Waals surface area contributed by atoms with Gasteiger partial charge in [-0.3, -0.25) is 10.2 Å². The predicted molar refractivity (Wildman–Crippen MR) is 104 cm³/mol. The van der Waals surface area contributed by atoms with E-state index in [0.29, 0.717) is 22.1 Å². The van der Waals surface area contributed by atoms with Crippen LogP contribution in [0.3, 0.4) is 0 Å². The van der Waals surface area contributed by atoms with Crippen LogP contribution in [0.1, 0.15) is 36.5 Å². The minimum absolute atomic E-state index is 0.330. The molecule has 2 amide bonds. The van der Waals surface area contributed by atoms with Gasteiger partial charge in [0.05, 0.1) is 12.7 Å². The van der Waals surface area contributed by atoms with Crippen LogP contribution in [0.25, 0.3) is 0 Å². The first-order chi connectivity index (χ1) is 13.1. The molecule has 0 bridgehead atoms. The number of unbranched alkanes of at least 4 members (excludes halogenated alkanes) is 2. The van der Waals surface area contributed by atoms with Crippen molar-refractivity contribution in [2.45, 2.75) is 31.2 Å². The molecule has 27 heavy (non-hydrogen) atoms. The fourth-order valence-electron chi connectivity index (χ4n) is 2.15. The van der Waals surface area contributed by atoms with Gasteiger partial charge < -0.3 is 9.47 Å². The topological polar surface area (TPSA) is 89.6 Å². The van der Waals surface area contributed by atoms with Crippen molar-refractivity contribution in [2.75, 3.05) is 12.9 Å². The van der Waals surface area contributed by atoms with Crippen LogP contribution in [0, 0.1) is 0 Å². The molecule has 0 aliphatic rings. The van der Waals surface area contributed by atoms with Gasteiger partial charge in [0, 0.05) is 6.20 Å². The third-order valence-corrected chi connectivity index (χ3v) is 4.64. The molecular weight excluding hydrogens is 366 g/mol. The van der Waals surface area contributed by atoms with Crippen molar-refractivity contribution in [3.8, 4) is 11.5 Å². The Balaban J connectivity index is 1.86. The third-order valence-electron chi connectivity index (χ3n) is 3.55. The number of carbonyl (C=O) groups excluding carboxylic acids is 2. The first-order valence-corrected chi connectivity index (χ1v) is 9.62. The van der Waals surface area contributed by atoms with E-state index >= 15 is 0 Å². The maximum absolute atomic E-state index is 12.3. The SMILES string of the molecule is CCCCCSc1ncccc1C(=O)NNC(=O)Oc1ccc(OC)cc1. The summed E-state index contributed by atoms with van der Waals surface area (Å²) >= 11 is 1.53. The summed E-state index contributed by atoms with van der Waals surface area (Å²) in [5.74, 6) is 1.42. The van der Waals surface area contributed by atoms with E-state index in [1.807, 2.05) is 0 Å². The van der Waals surface area contributed by atoms with Crippen molar-refractivity contribution in [1.82, 2.24) is 15.8 Å². The number of nitrogens with zero attached hydrogens (tertiary/aromatic N) is 1. The zero-order valence-corrected chi connectivity index (χ0v) is 16.2. The Bertz CT molecular complexity index is 753. The molecule has 2 aromatic rings. The molecule has 0 unspecified atom stereocenters. The first-order valence-electron chi connectivity index (χ1n) is 8.64. The largest absolute Gasteiger partial charge is 0.497 e. The predicted octanol–water partition coefficient (Wildman–Crippen LogP) is 3.81. The number of pyridine rings is 1. The summed E-state index contributed by atoms with van der Waals surface area (Å²) in [4.78, 5) is 28.4. The highest BCUT2D eigenvalue weighted by Gasteiger charge is 2.14. The molecule has 1 heterocycles. The number of hydrogen-bond donors (Lipinski definition) is 2. The fraction of sp³-hybridized carbons (Fsp3) is 0.316. The van der Waals surface area contributed by atoms with Gasteiger partial charge in [0.1, 0.15) is 16.5 Å². The highest BCUT2D eigenvalue weighted by molar-refractivity contribution is 7.99. The Morgan fingerprint density at radius 2 is 1.81 bits per heavy atom. The molecule has 0 aliphatic carbocycles. The standard InChI is InChI=1S/C19H23N3O4S/c1-3-4-5-13-27-18-16(7-6-12-20-18)17(23)21-22-19(24)26-15-10-8-14(25-2)9-11-15/h6-12H,3-5,13H2,1-2H3,(H,21,23)(H,22,24). The molecular formula is C19H23N3O4S. The van der Waals surface area contributed by atoms with Crippen molar-refractivity contribution in [2.24, 2.45) is 0 Å². The third kappa shape index (κ3) is 6.82. The zero-order valence-electron chi connectivity index (χ0n) is 15.4. The number of ether oxygens (including phenoxy) is 2. The van der Waals surface area contributed by atoms with Crippen LogP contribution >= 0.6 is 11.8 Å². The molecule has 144 valence electrons. The van der Waals surface area contributed by atoms with E-state index in [1.165, 1.54) is 11.8 Å².